The molecule has 27 heavy (non-hydrogen) atoms. The summed E-state index contributed by atoms with van der Waals surface area (Å²) in [7, 11) is 0. The maximum absolute atomic E-state index is 12.4. The van der Waals surface area contributed by atoms with Crippen LogP contribution in [-0.2, 0) is 0 Å². The van der Waals surface area contributed by atoms with Crippen LogP contribution < -0.4 is 5.32 Å². The number of carbonyl (C=O) groups excluding carboxylic acids is 1. The Labute approximate surface area is 162 Å². The molecule has 0 unspecified atom stereocenters. The molecule has 3 rings (SSSR count). The average molecular weight is 367 g/mol. The first-order chi connectivity index (χ1) is 13.1. The van der Waals surface area contributed by atoms with Crippen molar-refractivity contribution in [2.45, 2.75) is 38.7 Å². The highest BCUT2D eigenvalue weighted by Crippen LogP contribution is 2.23. The van der Waals surface area contributed by atoms with Gasteiger partial charge in [0.25, 0.3) is 5.91 Å². The van der Waals surface area contributed by atoms with Gasteiger partial charge in [0.15, 0.2) is 0 Å². The van der Waals surface area contributed by atoms with Gasteiger partial charge in [0.2, 0.25) is 0 Å². The zero-order chi connectivity index (χ0) is 19.1. The molecule has 1 amide bonds. The number of carbonyl (C=O) groups is 1. The Bertz CT molecular complexity index is 734. The molecule has 4 heteroatoms. The molecule has 0 aromatic heterocycles. The number of likely N-dealkylation sites (tertiary alicyclic amines) is 1. The minimum atomic E-state index is -0.471. The lowest BCUT2D eigenvalue weighted by atomic mass is 10.0. The van der Waals surface area contributed by atoms with Crippen LogP contribution >= 0.6 is 0 Å². The maximum Gasteiger partial charge on any atom is 0.251 e. The lowest BCUT2D eigenvalue weighted by Crippen LogP contribution is -2.26. The predicted octanol–water partition coefficient (Wildman–Crippen LogP) is 4.01. The van der Waals surface area contributed by atoms with E-state index in [2.05, 4.69) is 10.2 Å². The summed E-state index contributed by atoms with van der Waals surface area (Å²) in [5.41, 5.74) is 3.63. The van der Waals surface area contributed by atoms with Crippen LogP contribution in [0, 0.1) is 0 Å². The summed E-state index contributed by atoms with van der Waals surface area (Å²) >= 11 is 0. The van der Waals surface area contributed by atoms with Crippen molar-refractivity contribution in [1.29, 1.82) is 0 Å². The van der Waals surface area contributed by atoms with Crippen LogP contribution in [0.25, 0.3) is 11.1 Å². The molecule has 0 bridgehead atoms. The number of rotatable bonds is 8. The first-order valence-electron chi connectivity index (χ1n) is 10.0. The summed E-state index contributed by atoms with van der Waals surface area (Å²) < 4.78 is 0. The normalized spacial score (nSPS) is 15.6. The van der Waals surface area contributed by atoms with E-state index in [1.165, 1.54) is 25.9 Å². The molecule has 0 saturated carbocycles. The molecule has 1 saturated heterocycles. The van der Waals surface area contributed by atoms with Gasteiger partial charge >= 0.3 is 0 Å². The third-order valence-electron chi connectivity index (χ3n) is 5.24. The zero-order valence-corrected chi connectivity index (χ0v) is 16.2. The van der Waals surface area contributed by atoms with E-state index in [0.29, 0.717) is 5.56 Å². The van der Waals surface area contributed by atoms with Crippen molar-refractivity contribution < 1.29 is 9.90 Å². The number of nitrogens with zero attached hydrogens (tertiary/aromatic N) is 1. The lowest BCUT2D eigenvalue weighted by Gasteiger charge is -2.14. The maximum atomic E-state index is 12.4. The van der Waals surface area contributed by atoms with E-state index in [4.69, 9.17) is 0 Å². The molecular weight excluding hydrogens is 336 g/mol. The van der Waals surface area contributed by atoms with Crippen molar-refractivity contribution in [2.24, 2.45) is 0 Å². The van der Waals surface area contributed by atoms with Crippen molar-refractivity contribution in [3.63, 3.8) is 0 Å². The largest absolute Gasteiger partial charge is 0.389 e. The minimum absolute atomic E-state index is 0.0152. The third kappa shape index (κ3) is 5.65. The van der Waals surface area contributed by atoms with Crippen molar-refractivity contribution in [1.82, 2.24) is 10.2 Å². The van der Waals surface area contributed by atoms with E-state index >= 15 is 0 Å². The van der Waals surface area contributed by atoms with E-state index in [9.17, 15) is 9.90 Å². The molecule has 0 radical (unpaired) electrons. The van der Waals surface area contributed by atoms with Gasteiger partial charge in [-0.1, -0.05) is 36.4 Å². The van der Waals surface area contributed by atoms with Crippen LogP contribution in [0.5, 0.6) is 0 Å². The van der Waals surface area contributed by atoms with Crippen LogP contribution in [0.3, 0.4) is 0 Å². The summed E-state index contributed by atoms with van der Waals surface area (Å²) in [4.78, 5) is 14.9. The molecule has 0 aliphatic carbocycles. The van der Waals surface area contributed by atoms with Gasteiger partial charge in [0, 0.05) is 12.1 Å². The predicted molar refractivity (Wildman–Crippen MR) is 110 cm³/mol. The summed E-state index contributed by atoms with van der Waals surface area (Å²) in [6, 6.07) is 15.5. The third-order valence-corrected chi connectivity index (χ3v) is 5.24. The summed E-state index contributed by atoms with van der Waals surface area (Å²) in [6.07, 6.45) is 4.34. The number of aliphatic hydroxyl groups is 1. The summed E-state index contributed by atoms with van der Waals surface area (Å²) in [6.45, 7) is 6.09. The molecule has 1 atom stereocenters. The number of benzene rings is 2. The summed E-state index contributed by atoms with van der Waals surface area (Å²) in [5, 5.41) is 12.7. The van der Waals surface area contributed by atoms with Gasteiger partial charge in [-0.05, 0) is 81.1 Å². The highest BCUT2D eigenvalue weighted by Gasteiger charge is 2.11. The van der Waals surface area contributed by atoms with Crippen molar-refractivity contribution in [3.8, 4) is 11.1 Å². The standard InChI is InChI=1S/C23H30N2O2/c1-18(26)19-9-11-20(12-10-19)21-7-6-8-22(17-21)23(27)24-13-2-3-14-25-15-4-5-16-25/h6-12,17-18,26H,2-5,13-16H2,1H3,(H,24,27)/t18-/m0/s1. The molecule has 144 valence electrons. The second-order valence-electron chi connectivity index (χ2n) is 7.39. The number of hydrogen-bond donors (Lipinski definition) is 2. The number of nitrogens with one attached hydrogen (secondary N) is 1. The Kier molecular flexibility index (Phi) is 7.02. The fourth-order valence-electron chi connectivity index (χ4n) is 3.56. The molecular formula is C23H30N2O2. The molecule has 2 aromatic carbocycles. The molecule has 1 fully saturated rings. The molecule has 1 aliphatic rings. The number of amides is 1. The van der Waals surface area contributed by atoms with Crippen LogP contribution in [0.1, 0.15) is 54.6 Å². The molecule has 2 N–H and O–H groups in total. The van der Waals surface area contributed by atoms with Gasteiger partial charge in [-0.25, -0.2) is 0 Å². The number of unbranched alkanes of at least 4 members (excludes halogenated alkanes) is 1. The van der Waals surface area contributed by atoms with Crippen LogP contribution in [-0.4, -0.2) is 42.1 Å². The van der Waals surface area contributed by atoms with Gasteiger partial charge < -0.3 is 15.3 Å². The first kappa shape index (κ1) is 19.6. The van der Waals surface area contributed by atoms with E-state index in [-0.39, 0.29) is 5.91 Å². The van der Waals surface area contributed by atoms with E-state index in [1.54, 1.807) is 6.92 Å². The lowest BCUT2D eigenvalue weighted by molar-refractivity contribution is 0.0952. The highest BCUT2D eigenvalue weighted by atomic mass is 16.3. The Hall–Kier alpha value is -2.17. The fraction of sp³-hybridized carbons (Fsp3) is 0.435. The molecule has 1 aliphatic heterocycles. The fourth-order valence-corrected chi connectivity index (χ4v) is 3.56. The van der Waals surface area contributed by atoms with Crippen LogP contribution in [0.2, 0.25) is 0 Å². The van der Waals surface area contributed by atoms with E-state index < -0.39 is 6.10 Å². The Morgan fingerprint density at radius 2 is 1.81 bits per heavy atom. The average Bonchev–Trinajstić information content (AvgIpc) is 3.21. The Morgan fingerprint density at radius 1 is 1.07 bits per heavy atom. The van der Waals surface area contributed by atoms with Crippen molar-refractivity contribution >= 4 is 5.91 Å². The van der Waals surface area contributed by atoms with Crippen molar-refractivity contribution in [3.05, 3.63) is 59.7 Å². The minimum Gasteiger partial charge on any atom is -0.389 e. The van der Waals surface area contributed by atoms with Crippen LogP contribution in [0.4, 0.5) is 0 Å². The SMILES string of the molecule is C[C@H](O)c1ccc(-c2cccc(C(=O)NCCCCN3CCCC3)c2)cc1. The van der Waals surface area contributed by atoms with Gasteiger partial charge in [-0.3, -0.25) is 4.79 Å². The Morgan fingerprint density at radius 3 is 2.52 bits per heavy atom. The van der Waals surface area contributed by atoms with Gasteiger partial charge in [0.1, 0.15) is 0 Å². The topological polar surface area (TPSA) is 52.6 Å². The number of aliphatic hydroxyl groups excluding tert-OH is 1. The summed E-state index contributed by atoms with van der Waals surface area (Å²) in [5.74, 6) is -0.0152. The van der Waals surface area contributed by atoms with Crippen LogP contribution in [0.15, 0.2) is 48.5 Å². The highest BCUT2D eigenvalue weighted by molar-refractivity contribution is 5.95. The molecule has 1 heterocycles. The number of hydrogen-bond acceptors (Lipinski definition) is 3. The van der Waals surface area contributed by atoms with E-state index in [1.807, 2.05) is 48.5 Å². The van der Waals surface area contributed by atoms with Gasteiger partial charge in [-0.15, -0.1) is 0 Å². The second kappa shape index (κ2) is 9.67. The smallest absolute Gasteiger partial charge is 0.251 e. The monoisotopic (exact) mass is 366 g/mol. The molecule has 2 aromatic rings. The van der Waals surface area contributed by atoms with Crippen molar-refractivity contribution in [2.75, 3.05) is 26.2 Å². The Balaban J connectivity index is 1.50. The first-order valence-corrected chi connectivity index (χ1v) is 10.0. The molecule has 4 nitrogen and oxygen atoms in total. The second-order valence-corrected chi connectivity index (χ2v) is 7.39. The van der Waals surface area contributed by atoms with Gasteiger partial charge in [0.05, 0.1) is 6.10 Å². The van der Waals surface area contributed by atoms with Gasteiger partial charge in [-0.2, -0.15) is 0 Å². The van der Waals surface area contributed by atoms with E-state index in [0.717, 1.165) is 42.6 Å². The quantitative estimate of drug-likeness (QED) is 0.694. The zero-order valence-electron chi connectivity index (χ0n) is 16.2. The molecule has 0 spiro atoms.